The summed E-state index contributed by atoms with van der Waals surface area (Å²) in [5, 5.41) is 7.60. The first-order valence-corrected chi connectivity index (χ1v) is 9.80. The van der Waals surface area contributed by atoms with E-state index < -0.39 is 0 Å². The molecule has 3 rings (SSSR count). The Labute approximate surface area is 180 Å². The average Bonchev–Trinajstić information content (AvgIpc) is 2.74. The third-order valence-corrected chi connectivity index (χ3v) is 5.01. The molecule has 0 saturated heterocycles. The van der Waals surface area contributed by atoms with Gasteiger partial charge in [0.05, 0.1) is 5.71 Å². The number of amides is 2. The fourth-order valence-electron chi connectivity index (χ4n) is 2.75. The van der Waals surface area contributed by atoms with E-state index in [2.05, 4.69) is 15.8 Å². The predicted molar refractivity (Wildman–Crippen MR) is 121 cm³/mol. The first-order chi connectivity index (χ1) is 14.3. The zero-order valence-corrected chi connectivity index (χ0v) is 17.7. The standard InChI is InChI=1S/C24H22ClN3O2/c1-15-4-5-20(14-16(15)2)24(30)28-27-17(3)18-8-12-22(13-9-18)26-23(29)19-6-10-21(25)11-7-19/h4-14H,1-3H3,(H,26,29)(H,28,30)/b27-17-. The van der Waals surface area contributed by atoms with Gasteiger partial charge in [-0.3, -0.25) is 9.59 Å². The van der Waals surface area contributed by atoms with Crippen LogP contribution in [0.3, 0.4) is 0 Å². The Hall–Kier alpha value is -3.44. The second kappa shape index (κ2) is 9.37. The molecule has 0 aliphatic carbocycles. The van der Waals surface area contributed by atoms with Gasteiger partial charge in [-0.2, -0.15) is 5.10 Å². The lowest BCUT2D eigenvalue weighted by atomic mass is 10.1. The van der Waals surface area contributed by atoms with E-state index in [1.165, 1.54) is 0 Å². The SMILES string of the molecule is C/C(=N/NC(=O)c1ccc(C)c(C)c1)c1ccc(NC(=O)c2ccc(Cl)cc2)cc1. The maximum Gasteiger partial charge on any atom is 0.271 e. The number of nitrogens with zero attached hydrogens (tertiary/aromatic N) is 1. The van der Waals surface area contributed by atoms with Crippen LogP contribution in [0.4, 0.5) is 5.69 Å². The van der Waals surface area contributed by atoms with Gasteiger partial charge in [0, 0.05) is 21.8 Å². The van der Waals surface area contributed by atoms with Crippen LogP contribution in [0.15, 0.2) is 71.8 Å². The number of carbonyl (C=O) groups excluding carboxylic acids is 2. The maximum atomic E-state index is 12.3. The Morgan fingerprint density at radius 3 is 2.00 bits per heavy atom. The molecule has 3 aromatic carbocycles. The molecule has 5 nitrogen and oxygen atoms in total. The van der Waals surface area contributed by atoms with Crippen molar-refractivity contribution in [2.45, 2.75) is 20.8 Å². The molecule has 30 heavy (non-hydrogen) atoms. The summed E-state index contributed by atoms with van der Waals surface area (Å²) in [7, 11) is 0. The quantitative estimate of drug-likeness (QED) is 0.431. The fourth-order valence-corrected chi connectivity index (χ4v) is 2.87. The van der Waals surface area contributed by atoms with E-state index in [0.717, 1.165) is 16.7 Å². The minimum absolute atomic E-state index is 0.217. The third kappa shape index (κ3) is 5.33. The molecule has 0 spiro atoms. The Balaban J connectivity index is 1.63. The summed E-state index contributed by atoms with van der Waals surface area (Å²) >= 11 is 5.85. The Bertz CT molecular complexity index is 1100. The molecule has 0 unspecified atom stereocenters. The lowest BCUT2D eigenvalue weighted by Gasteiger charge is -2.08. The smallest absolute Gasteiger partial charge is 0.271 e. The second-order valence-corrected chi connectivity index (χ2v) is 7.41. The highest BCUT2D eigenvalue weighted by atomic mass is 35.5. The van der Waals surface area contributed by atoms with Gasteiger partial charge in [-0.25, -0.2) is 5.43 Å². The number of halogens is 1. The Morgan fingerprint density at radius 2 is 1.37 bits per heavy atom. The first kappa shape index (κ1) is 21.3. The van der Waals surface area contributed by atoms with Crippen LogP contribution in [-0.2, 0) is 0 Å². The molecule has 0 aliphatic heterocycles. The second-order valence-electron chi connectivity index (χ2n) is 6.98. The molecule has 2 N–H and O–H groups in total. The number of nitrogens with one attached hydrogen (secondary N) is 2. The predicted octanol–water partition coefficient (Wildman–Crippen LogP) is 5.36. The number of hydrogen-bond donors (Lipinski definition) is 2. The highest BCUT2D eigenvalue weighted by Gasteiger charge is 2.08. The third-order valence-electron chi connectivity index (χ3n) is 4.76. The van der Waals surface area contributed by atoms with Gasteiger partial charge in [0.15, 0.2) is 0 Å². The van der Waals surface area contributed by atoms with Crippen molar-refractivity contribution in [2.24, 2.45) is 5.10 Å². The van der Waals surface area contributed by atoms with Gasteiger partial charge in [-0.1, -0.05) is 29.8 Å². The minimum Gasteiger partial charge on any atom is -0.322 e. The number of rotatable bonds is 5. The molecule has 0 aliphatic rings. The van der Waals surface area contributed by atoms with Crippen molar-refractivity contribution in [1.29, 1.82) is 0 Å². The normalized spacial score (nSPS) is 11.1. The lowest BCUT2D eigenvalue weighted by molar-refractivity contribution is 0.0954. The number of hydrazone groups is 1. The Morgan fingerprint density at radius 1 is 0.767 bits per heavy atom. The number of benzene rings is 3. The van der Waals surface area contributed by atoms with E-state index in [1.54, 1.807) is 42.5 Å². The van der Waals surface area contributed by atoms with Crippen molar-refractivity contribution in [3.63, 3.8) is 0 Å². The van der Waals surface area contributed by atoms with Gasteiger partial charge in [-0.05, 0) is 86.0 Å². The molecule has 0 atom stereocenters. The van der Waals surface area contributed by atoms with E-state index in [4.69, 9.17) is 11.6 Å². The molecule has 0 fully saturated rings. The summed E-state index contributed by atoms with van der Waals surface area (Å²) in [5.41, 5.74) is 8.01. The van der Waals surface area contributed by atoms with Crippen molar-refractivity contribution in [3.8, 4) is 0 Å². The fraction of sp³-hybridized carbons (Fsp3) is 0.125. The molecule has 0 heterocycles. The largest absolute Gasteiger partial charge is 0.322 e. The monoisotopic (exact) mass is 419 g/mol. The number of anilines is 1. The van der Waals surface area contributed by atoms with E-state index in [1.807, 2.05) is 45.0 Å². The molecule has 2 amide bonds. The van der Waals surface area contributed by atoms with Crippen LogP contribution >= 0.6 is 11.6 Å². The van der Waals surface area contributed by atoms with Crippen LogP contribution in [0.5, 0.6) is 0 Å². The highest BCUT2D eigenvalue weighted by Crippen LogP contribution is 2.14. The molecule has 6 heteroatoms. The molecular weight excluding hydrogens is 398 g/mol. The van der Waals surface area contributed by atoms with Crippen LogP contribution < -0.4 is 10.7 Å². The Kier molecular flexibility index (Phi) is 6.65. The number of aryl methyl sites for hydroxylation is 2. The summed E-state index contributed by atoms with van der Waals surface area (Å²) < 4.78 is 0. The minimum atomic E-state index is -0.260. The molecule has 3 aromatic rings. The van der Waals surface area contributed by atoms with Gasteiger partial charge in [-0.15, -0.1) is 0 Å². The van der Waals surface area contributed by atoms with Crippen LogP contribution in [0, 0.1) is 13.8 Å². The van der Waals surface area contributed by atoms with Crippen molar-refractivity contribution < 1.29 is 9.59 Å². The van der Waals surface area contributed by atoms with Gasteiger partial charge < -0.3 is 5.32 Å². The zero-order chi connectivity index (χ0) is 21.7. The van der Waals surface area contributed by atoms with Gasteiger partial charge in [0.25, 0.3) is 11.8 Å². The molecule has 0 radical (unpaired) electrons. The molecule has 152 valence electrons. The summed E-state index contributed by atoms with van der Waals surface area (Å²) in [6.07, 6.45) is 0. The zero-order valence-electron chi connectivity index (χ0n) is 17.0. The van der Waals surface area contributed by atoms with E-state index >= 15 is 0 Å². The van der Waals surface area contributed by atoms with Gasteiger partial charge in [0.1, 0.15) is 0 Å². The van der Waals surface area contributed by atoms with Crippen molar-refractivity contribution in [3.05, 3.63) is 99.6 Å². The van der Waals surface area contributed by atoms with E-state index in [-0.39, 0.29) is 11.8 Å². The van der Waals surface area contributed by atoms with Crippen molar-refractivity contribution >= 4 is 34.8 Å². The molecule has 0 saturated carbocycles. The molecule has 0 bridgehead atoms. The topological polar surface area (TPSA) is 70.6 Å². The highest BCUT2D eigenvalue weighted by molar-refractivity contribution is 6.30. The summed E-state index contributed by atoms with van der Waals surface area (Å²) in [6, 6.07) is 19.4. The average molecular weight is 420 g/mol. The number of hydrogen-bond acceptors (Lipinski definition) is 3. The first-order valence-electron chi connectivity index (χ1n) is 9.43. The van der Waals surface area contributed by atoms with Gasteiger partial charge >= 0.3 is 0 Å². The van der Waals surface area contributed by atoms with E-state index in [9.17, 15) is 9.59 Å². The molecule has 0 aromatic heterocycles. The number of carbonyl (C=O) groups is 2. The van der Waals surface area contributed by atoms with Crippen LogP contribution in [-0.4, -0.2) is 17.5 Å². The van der Waals surface area contributed by atoms with Crippen LogP contribution in [0.2, 0.25) is 5.02 Å². The van der Waals surface area contributed by atoms with Crippen LogP contribution in [0.25, 0.3) is 0 Å². The van der Waals surface area contributed by atoms with Gasteiger partial charge in [0.2, 0.25) is 0 Å². The summed E-state index contributed by atoms with van der Waals surface area (Å²) in [6.45, 7) is 5.77. The van der Waals surface area contributed by atoms with Crippen molar-refractivity contribution in [1.82, 2.24) is 5.43 Å². The summed E-state index contributed by atoms with van der Waals surface area (Å²) in [4.78, 5) is 24.6. The lowest BCUT2D eigenvalue weighted by Crippen LogP contribution is -2.19. The molecular formula is C24H22ClN3O2. The summed E-state index contributed by atoms with van der Waals surface area (Å²) in [5.74, 6) is -0.477. The van der Waals surface area contributed by atoms with E-state index in [0.29, 0.717) is 27.5 Å². The van der Waals surface area contributed by atoms with Crippen LogP contribution in [0.1, 0.15) is 44.3 Å². The maximum absolute atomic E-state index is 12.3. The van der Waals surface area contributed by atoms with Crippen molar-refractivity contribution in [2.75, 3.05) is 5.32 Å².